The van der Waals surface area contributed by atoms with E-state index in [4.69, 9.17) is 16.3 Å². The molecule has 1 saturated carbocycles. The first-order valence-electron chi connectivity index (χ1n) is 7.15. The fraction of sp³-hybridized carbons (Fsp3) is 0.529. The molecule has 0 aromatic heterocycles. The van der Waals surface area contributed by atoms with Crippen molar-refractivity contribution in [2.75, 3.05) is 5.88 Å². The second-order valence-corrected chi connectivity index (χ2v) is 5.34. The number of hydrogen-bond acceptors (Lipinski definition) is 1. The Morgan fingerprint density at radius 1 is 1.21 bits per heavy atom. The van der Waals surface area contributed by atoms with Gasteiger partial charge in [0.05, 0.1) is 5.88 Å². The van der Waals surface area contributed by atoms with Crippen molar-refractivity contribution in [1.82, 2.24) is 0 Å². The Kier molecular flexibility index (Phi) is 5.61. The molecule has 1 nitrogen and oxygen atoms in total. The Bertz CT molecular complexity index is 441. The molecule has 2 unspecified atom stereocenters. The van der Waals surface area contributed by atoms with Gasteiger partial charge in [-0.05, 0) is 55.9 Å². The van der Waals surface area contributed by atoms with E-state index in [9.17, 15) is 0 Å². The lowest BCUT2D eigenvalue weighted by Gasteiger charge is -2.31. The van der Waals surface area contributed by atoms with Gasteiger partial charge < -0.3 is 4.74 Å². The van der Waals surface area contributed by atoms with Crippen LogP contribution in [0.5, 0.6) is 5.75 Å². The molecule has 1 fully saturated rings. The summed E-state index contributed by atoms with van der Waals surface area (Å²) in [5, 5.41) is 0. The number of hydrogen-bond donors (Lipinski definition) is 0. The number of alkyl halides is 1. The lowest BCUT2D eigenvalue weighted by molar-refractivity contribution is 0.0904. The summed E-state index contributed by atoms with van der Waals surface area (Å²) in [7, 11) is 0. The SMILES string of the molecule is CCC1CCCCC1Oc1ccc(C#CCCl)cc1. The van der Waals surface area contributed by atoms with Crippen LogP contribution in [-0.2, 0) is 0 Å². The topological polar surface area (TPSA) is 9.23 Å². The van der Waals surface area contributed by atoms with Crippen LogP contribution in [0, 0.1) is 17.8 Å². The van der Waals surface area contributed by atoms with Crippen molar-refractivity contribution in [2.24, 2.45) is 5.92 Å². The molecular formula is C17H21ClO. The van der Waals surface area contributed by atoms with Crippen molar-refractivity contribution in [3.05, 3.63) is 29.8 Å². The third-order valence-electron chi connectivity index (χ3n) is 3.81. The fourth-order valence-electron chi connectivity index (χ4n) is 2.72. The lowest BCUT2D eigenvalue weighted by Crippen LogP contribution is -2.29. The molecule has 0 N–H and O–H groups in total. The van der Waals surface area contributed by atoms with E-state index in [0.717, 1.165) is 11.3 Å². The third-order valence-corrected chi connectivity index (χ3v) is 3.94. The molecule has 0 saturated heterocycles. The zero-order chi connectivity index (χ0) is 13.5. The van der Waals surface area contributed by atoms with Gasteiger partial charge in [0.2, 0.25) is 0 Å². The van der Waals surface area contributed by atoms with Crippen LogP contribution in [-0.4, -0.2) is 12.0 Å². The molecule has 1 aliphatic carbocycles. The Hall–Kier alpha value is -1.13. The second-order valence-electron chi connectivity index (χ2n) is 5.07. The monoisotopic (exact) mass is 276 g/mol. The van der Waals surface area contributed by atoms with E-state index in [1.165, 1.54) is 32.1 Å². The van der Waals surface area contributed by atoms with Crippen molar-refractivity contribution in [1.29, 1.82) is 0 Å². The van der Waals surface area contributed by atoms with E-state index >= 15 is 0 Å². The van der Waals surface area contributed by atoms with Crippen molar-refractivity contribution in [3.63, 3.8) is 0 Å². The Balaban J connectivity index is 1.98. The summed E-state index contributed by atoms with van der Waals surface area (Å²) < 4.78 is 6.14. The van der Waals surface area contributed by atoms with Gasteiger partial charge >= 0.3 is 0 Å². The van der Waals surface area contributed by atoms with Gasteiger partial charge in [0.25, 0.3) is 0 Å². The molecule has 0 spiro atoms. The highest BCUT2D eigenvalue weighted by Gasteiger charge is 2.25. The Morgan fingerprint density at radius 2 is 1.95 bits per heavy atom. The third kappa shape index (κ3) is 4.18. The summed E-state index contributed by atoms with van der Waals surface area (Å²) in [6, 6.07) is 8.02. The van der Waals surface area contributed by atoms with E-state index in [1.54, 1.807) is 0 Å². The minimum absolute atomic E-state index is 0.374. The zero-order valence-corrected chi connectivity index (χ0v) is 12.2. The molecule has 102 valence electrons. The van der Waals surface area contributed by atoms with Gasteiger partial charge in [0, 0.05) is 5.56 Å². The highest BCUT2D eigenvalue weighted by Crippen LogP contribution is 2.30. The maximum absolute atomic E-state index is 6.14. The summed E-state index contributed by atoms with van der Waals surface area (Å²) in [4.78, 5) is 0. The van der Waals surface area contributed by atoms with Gasteiger partial charge in [-0.15, -0.1) is 11.6 Å². The van der Waals surface area contributed by atoms with Gasteiger partial charge in [-0.25, -0.2) is 0 Å². The van der Waals surface area contributed by atoms with E-state index in [-0.39, 0.29) is 0 Å². The standard InChI is InChI=1S/C17H21ClO/c1-2-15-7-3-4-8-17(15)19-16-11-9-14(10-12-16)6-5-13-18/h9-12,15,17H,2-4,7-8,13H2,1H3. The average Bonchev–Trinajstić information content (AvgIpc) is 2.47. The largest absolute Gasteiger partial charge is 0.490 e. The maximum Gasteiger partial charge on any atom is 0.119 e. The molecule has 1 aromatic rings. The first-order chi connectivity index (χ1) is 9.33. The molecule has 0 radical (unpaired) electrons. The van der Waals surface area contributed by atoms with Crippen molar-refractivity contribution in [2.45, 2.75) is 45.1 Å². The van der Waals surface area contributed by atoms with E-state index in [2.05, 4.69) is 18.8 Å². The lowest BCUT2D eigenvalue weighted by atomic mass is 9.85. The van der Waals surface area contributed by atoms with Crippen LogP contribution in [0.25, 0.3) is 0 Å². The van der Waals surface area contributed by atoms with E-state index < -0.39 is 0 Å². The minimum Gasteiger partial charge on any atom is -0.490 e. The molecule has 0 heterocycles. The predicted molar refractivity (Wildman–Crippen MR) is 80.7 cm³/mol. The van der Waals surface area contributed by atoms with Gasteiger partial charge in [0.1, 0.15) is 11.9 Å². The van der Waals surface area contributed by atoms with Crippen LogP contribution in [0.3, 0.4) is 0 Å². The van der Waals surface area contributed by atoms with Crippen LogP contribution in [0.4, 0.5) is 0 Å². The summed E-state index contributed by atoms with van der Waals surface area (Å²) in [5.41, 5.74) is 0.990. The normalized spacial score (nSPS) is 22.4. The molecule has 1 aromatic carbocycles. The summed E-state index contributed by atoms with van der Waals surface area (Å²) >= 11 is 5.55. The smallest absolute Gasteiger partial charge is 0.119 e. The molecule has 0 bridgehead atoms. The first kappa shape index (κ1) is 14.3. The van der Waals surface area contributed by atoms with Crippen LogP contribution < -0.4 is 4.74 Å². The van der Waals surface area contributed by atoms with E-state index in [1.807, 2.05) is 24.3 Å². The average molecular weight is 277 g/mol. The van der Waals surface area contributed by atoms with Gasteiger partial charge in [0.15, 0.2) is 0 Å². The van der Waals surface area contributed by atoms with Gasteiger partial charge in [-0.1, -0.05) is 25.2 Å². The summed E-state index contributed by atoms with van der Waals surface area (Å²) in [6.07, 6.45) is 6.74. The Labute approximate surface area is 121 Å². The van der Waals surface area contributed by atoms with Crippen LogP contribution in [0.15, 0.2) is 24.3 Å². The molecule has 1 aliphatic rings. The van der Waals surface area contributed by atoms with Crippen LogP contribution in [0.2, 0.25) is 0 Å². The molecule has 2 rings (SSSR count). The molecule has 2 heteroatoms. The van der Waals surface area contributed by atoms with Crippen molar-refractivity contribution in [3.8, 4) is 17.6 Å². The number of ether oxygens (including phenoxy) is 1. The van der Waals surface area contributed by atoms with Gasteiger partial charge in [-0.2, -0.15) is 0 Å². The molecule has 0 amide bonds. The van der Waals surface area contributed by atoms with E-state index in [0.29, 0.717) is 17.9 Å². The molecule has 19 heavy (non-hydrogen) atoms. The number of halogens is 1. The fourth-order valence-corrected chi connectivity index (χ4v) is 2.79. The summed E-state index contributed by atoms with van der Waals surface area (Å²) in [5.74, 6) is 7.91. The quantitative estimate of drug-likeness (QED) is 0.578. The predicted octanol–water partition coefficient (Wildman–Crippen LogP) is 4.62. The van der Waals surface area contributed by atoms with Crippen LogP contribution >= 0.6 is 11.6 Å². The van der Waals surface area contributed by atoms with Crippen molar-refractivity contribution >= 4 is 11.6 Å². The zero-order valence-electron chi connectivity index (χ0n) is 11.5. The maximum atomic E-state index is 6.14. The van der Waals surface area contributed by atoms with Crippen LogP contribution in [0.1, 0.15) is 44.6 Å². The number of rotatable bonds is 3. The molecular weight excluding hydrogens is 256 g/mol. The molecule has 0 aliphatic heterocycles. The van der Waals surface area contributed by atoms with Crippen molar-refractivity contribution < 1.29 is 4.74 Å². The minimum atomic E-state index is 0.374. The Morgan fingerprint density at radius 3 is 2.63 bits per heavy atom. The second kappa shape index (κ2) is 7.46. The number of benzene rings is 1. The first-order valence-corrected chi connectivity index (χ1v) is 7.68. The summed E-state index contributed by atoms with van der Waals surface area (Å²) in [6.45, 7) is 2.26. The highest BCUT2D eigenvalue weighted by atomic mass is 35.5. The molecule has 2 atom stereocenters. The van der Waals surface area contributed by atoms with Gasteiger partial charge in [-0.3, -0.25) is 0 Å². The highest BCUT2D eigenvalue weighted by molar-refractivity contribution is 6.19.